The van der Waals surface area contributed by atoms with Crippen LogP contribution in [0, 0.1) is 0 Å². The first-order chi connectivity index (χ1) is 14.2. The number of anilines is 1. The molecule has 152 valence electrons. The van der Waals surface area contributed by atoms with E-state index in [1.54, 1.807) is 0 Å². The van der Waals surface area contributed by atoms with Gasteiger partial charge in [0.05, 0.1) is 5.56 Å². The van der Waals surface area contributed by atoms with Gasteiger partial charge in [-0.25, -0.2) is 0 Å². The monoisotopic (exact) mass is 407 g/mol. The summed E-state index contributed by atoms with van der Waals surface area (Å²) < 4.78 is 0. The highest BCUT2D eigenvalue weighted by Crippen LogP contribution is 2.31. The highest BCUT2D eigenvalue weighted by Gasteiger charge is 2.16. The molecule has 0 aliphatic carbocycles. The van der Waals surface area contributed by atoms with Crippen molar-refractivity contribution in [1.29, 1.82) is 0 Å². The molecular formula is C24H29N3OS. The number of nitrogens with zero attached hydrogens (tertiary/aromatic N) is 1. The van der Waals surface area contributed by atoms with Gasteiger partial charge < -0.3 is 10.3 Å². The van der Waals surface area contributed by atoms with E-state index in [-0.39, 0.29) is 5.91 Å². The Bertz CT molecular complexity index is 987. The number of amides is 1. The average Bonchev–Trinajstić information content (AvgIpc) is 3.42. The van der Waals surface area contributed by atoms with E-state index in [2.05, 4.69) is 40.5 Å². The molecule has 0 bridgehead atoms. The van der Waals surface area contributed by atoms with E-state index in [0.29, 0.717) is 5.56 Å². The van der Waals surface area contributed by atoms with E-state index >= 15 is 0 Å². The summed E-state index contributed by atoms with van der Waals surface area (Å²) >= 11 is 1.53. The lowest BCUT2D eigenvalue weighted by Gasteiger charge is -2.26. The highest BCUT2D eigenvalue weighted by molar-refractivity contribution is 7.08. The van der Waals surface area contributed by atoms with Crippen molar-refractivity contribution in [2.75, 3.05) is 25.0 Å². The Balaban J connectivity index is 1.45. The number of hydrogen-bond acceptors (Lipinski definition) is 3. The zero-order valence-corrected chi connectivity index (χ0v) is 17.9. The van der Waals surface area contributed by atoms with Crippen LogP contribution in [0.5, 0.6) is 0 Å². The maximum atomic E-state index is 12.4. The van der Waals surface area contributed by atoms with Crippen LogP contribution < -0.4 is 5.32 Å². The number of nitrogens with one attached hydrogen (secondary N) is 2. The Morgan fingerprint density at radius 3 is 2.93 bits per heavy atom. The number of unbranched alkanes of at least 4 members (excludes halogenated alkanes) is 3. The van der Waals surface area contributed by atoms with Gasteiger partial charge in [-0.1, -0.05) is 32.3 Å². The molecule has 0 spiro atoms. The zero-order chi connectivity index (χ0) is 20.1. The summed E-state index contributed by atoms with van der Waals surface area (Å²) in [5.41, 5.74) is 5.32. The number of benzene rings is 1. The molecule has 1 aliphatic heterocycles. The number of carbonyl (C=O) groups excluding carboxylic acids is 1. The third kappa shape index (κ3) is 4.80. The highest BCUT2D eigenvalue weighted by atomic mass is 32.1. The van der Waals surface area contributed by atoms with E-state index in [0.717, 1.165) is 30.7 Å². The van der Waals surface area contributed by atoms with Crippen molar-refractivity contribution in [3.63, 3.8) is 0 Å². The van der Waals surface area contributed by atoms with Gasteiger partial charge in [0.1, 0.15) is 0 Å². The third-order valence-corrected chi connectivity index (χ3v) is 6.37. The second kappa shape index (κ2) is 9.42. The Morgan fingerprint density at radius 2 is 2.17 bits per heavy atom. The van der Waals surface area contributed by atoms with Crippen LogP contribution in [0.3, 0.4) is 0 Å². The van der Waals surface area contributed by atoms with Crippen molar-refractivity contribution >= 4 is 39.4 Å². The quantitative estimate of drug-likeness (QED) is 0.440. The number of aromatic nitrogens is 1. The molecule has 0 unspecified atom stereocenters. The van der Waals surface area contributed by atoms with Gasteiger partial charge in [0, 0.05) is 46.8 Å². The van der Waals surface area contributed by atoms with Gasteiger partial charge >= 0.3 is 0 Å². The fourth-order valence-electron chi connectivity index (χ4n) is 3.98. The first kappa shape index (κ1) is 19.9. The molecule has 0 atom stereocenters. The minimum Gasteiger partial charge on any atom is -0.361 e. The number of thiophene rings is 1. The van der Waals surface area contributed by atoms with Crippen molar-refractivity contribution in [3.05, 3.63) is 58.4 Å². The van der Waals surface area contributed by atoms with Crippen LogP contribution in [0.2, 0.25) is 0 Å². The Labute approximate surface area is 176 Å². The molecule has 1 amide bonds. The van der Waals surface area contributed by atoms with Crippen molar-refractivity contribution in [2.24, 2.45) is 0 Å². The van der Waals surface area contributed by atoms with Gasteiger partial charge in [-0.3, -0.25) is 9.69 Å². The normalized spacial score (nSPS) is 14.9. The molecule has 0 saturated heterocycles. The van der Waals surface area contributed by atoms with E-state index in [9.17, 15) is 4.79 Å². The van der Waals surface area contributed by atoms with Crippen molar-refractivity contribution in [3.8, 4) is 0 Å². The third-order valence-electron chi connectivity index (χ3n) is 5.69. The molecule has 3 heterocycles. The first-order valence-corrected chi connectivity index (χ1v) is 11.6. The van der Waals surface area contributed by atoms with E-state index in [1.807, 2.05) is 29.0 Å². The summed E-state index contributed by atoms with van der Waals surface area (Å²) in [6.07, 6.45) is 10.8. The number of hydrogen-bond donors (Lipinski definition) is 2. The molecule has 1 aliphatic rings. The molecule has 29 heavy (non-hydrogen) atoms. The molecule has 1 aromatic carbocycles. The Hall–Kier alpha value is -2.37. The van der Waals surface area contributed by atoms with Gasteiger partial charge in [0.25, 0.3) is 5.91 Å². The molecule has 4 nitrogen and oxygen atoms in total. The van der Waals surface area contributed by atoms with Crippen molar-refractivity contribution in [2.45, 2.75) is 39.0 Å². The number of H-pyrrole nitrogens is 1. The lowest BCUT2D eigenvalue weighted by Crippen LogP contribution is -2.29. The summed E-state index contributed by atoms with van der Waals surface area (Å²) in [5.74, 6) is -0.0571. The van der Waals surface area contributed by atoms with Gasteiger partial charge in [0.2, 0.25) is 0 Å². The van der Waals surface area contributed by atoms with Crippen molar-refractivity contribution < 1.29 is 4.79 Å². The number of fused-ring (bicyclic) bond motifs is 1. The van der Waals surface area contributed by atoms with E-state index in [1.165, 1.54) is 60.1 Å². The van der Waals surface area contributed by atoms with Crippen molar-refractivity contribution in [1.82, 2.24) is 9.88 Å². The molecule has 3 aromatic rings. The number of carbonyl (C=O) groups is 1. The summed E-state index contributed by atoms with van der Waals surface area (Å²) in [6.45, 7) is 5.62. The fraction of sp³-hybridized carbons (Fsp3) is 0.375. The predicted octanol–water partition coefficient (Wildman–Crippen LogP) is 6.15. The van der Waals surface area contributed by atoms with E-state index in [4.69, 9.17) is 0 Å². The van der Waals surface area contributed by atoms with Crippen LogP contribution in [0.1, 0.15) is 54.9 Å². The minimum atomic E-state index is -0.0571. The summed E-state index contributed by atoms with van der Waals surface area (Å²) in [4.78, 5) is 18.3. The Kier molecular flexibility index (Phi) is 6.47. The molecule has 0 saturated carbocycles. The van der Waals surface area contributed by atoms with Crippen LogP contribution >= 0.6 is 11.3 Å². The predicted molar refractivity (Wildman–Crippen MR) is 124 cm³/mol. The molecule has 5 heteroatoms. The van der Waals surface area contributed by atoms with Crippen LogP contribution in [0.4, 0.5) is 5.69 Å². The summed E-state index contributed by atoms with van der Waals surface area (Å²) in [5, 5.41) is 7.99. The Morgan fingerprint density at radius 1 is 1.24 bits per heavy atom. The fourth-order valence-corrected chi connectivity index (χ4v) is 4.62. The SMILES string of the molecule is CCCCCCN1CC=C(c2c[nH]c3ccc(NC(=O)c4ccsc4)cc23)CC1. The smallest absolute Gasteiger partial charge is 0.256 e. The van der Waals surface area contributed by atoms with Crippen LogP contribution in [-0.4, -0.2) is 35.4 Å². The van der Waals surface area contributed by atoms with Crippen LogP contribution in [0.15, 0.2) is 47.3 Å². The lowest BCUT2D eigenvalue weighted by atomic mass is 9.98. The second-order valence-electron chi connectivity index (χ2n) is 7.77. The molecule has 4 rings (SSSR count). The lowest BCUT2D eigenvalue weighted by molar-refractivity contribution is 0.102. The maximum Gasteiger partial charge on any atom is 0.256 e. The molecule has 2 aromatic heterocycles. The van der Waals surface area contributed by atoms with E-state index < -0.39 is 0 Å². The minimum absolute atomic E-state index is 0.0571. The number of aromatic amines is 1. The van der Waals surface area contributed by atoms with Crippen LogP contribution in [0.25, 0.3) is 16.5 Å². The molecular weight excluding hydrogens is 378 g/mol. The first-order valence-electron chi connectivity index (χ1n) is 10.6. The zero-order valence-electron chi connectivity index (χ0n) is 17.0. The van der Waals surface area contributed by atoms with Gasteiger partial charge in [-0.15, -0.1) is 0 Å². The summed E-state index contributed by atoms with van der Waals surface area (Å²) in [7, 11) is 0. The van der Waals surface area contributed by atoms with Gasteiger partial charge in [-0.05, 0) is 54.6 Å². The topological polar surface area (TPSA) is 48.1 Å². The number of rotatable bonds is 8. The average molecular weight is 408 g/mol. The van der Waals surface area contributed by atoms with Crippen LogP contribution in [-0.2, 0) is 0 Å². The maximum absolute atomic E-state index is 12.4. The van der Waals surface area contributed by atoms with Gasteiger partial charge in [-0.2, -0.15) is 11.3 Å². The molecule has 0 fully saturated rings. The largest absolute Gasteiger partial charge is 0.361 e. The molecule has 2 N–H and O–H groups in total. The molecule has 0 radical (unpaired) electrons. The summed E-state index contributed by atoms with van der Waals surface area (Å²) in [6, 6.07) is 7.94. The second-order valence-corrected chi connectivity index (χ2v) is 8.55. The standard InChI is InChI=1S/C24H29N3OS/c1-2-3-4-5-11-27-12-8-18(9-13-27)22-16-25-23-7-6-20(15-21(22)23)26-24(28)19-10-14-29-17-19/h6-8,10,14-17,25H,2-5,9,11-13H2,1H3,(H,26,28). The van der Waals surface area contributed by atoms with Gasteiger partial charge in [0.15, 0.2) is 0 Å².